The number of nitrogens with one attached hydrogen (secondary N) is 1. The molecular formula is C14H15F3N2O4. The quantitative estimate of drug-likeness (QED) is 0.795. The molecule has 2 N–H and O–H groups in total. The van der Waals surface area contributed by atoms with E-state index in [9.17, 15) is 22.8 Å². The molecule has 0 saturated carbocycles. The van der Waals surface area contributed by atoms with E-state index >= 15 is 0 Å². The Hall–Kier alpha value is -2.13. The van der Waals surface area contributed by atoms with Crippen molar-refractivity contribution < 1.29 is 32.7 Å². The molecule has 1 aromatic carbocycles. The average molecular weight is 332 g/mol. The molecule has 1 fully saturated rings. The average Bonchev–Trinajstić information content (AvgIpc) is 2.91. The third-order valence-electron chi connectivity index (χ3n) is 3.42. The van der Waals surface area contributed by atoms with Gasteiger partial charge >= 0.3 is 18.1 Å². The number of alkyl halides is 3. The largest absolute Gasteiger partial charge is 0.480 e. The Kier molecular flexibility index (Phi) is 5.22. The van der Waals surface area contributed by atoms with Crippen LogP contribution in [0.5, 0.6) is 0 Å². The van der Waals surface area contributed by atoms with Gasteiger partial charge in [-0.05, 0) is 12.0 Å². The third-order valence-corrected chi connectivity index (χ3v) is 3.42. The first-order valence-electron chi connectivity index (χ1n) is 6.81. The SMILES string of the molecule is O=C(O)[C@@H]1C[C@@H](NOCc2ccccc2)CN1C(=O)C(F)(F)F. The van der Waals surface area contributed by atoms with Crippen molar-refractivity contribution in [3.63, 3.8) is 0 Å². The van der Waals surface area contributed by atoms with Crippen molar-refractivity contribution in [2.24, 2.45) is 0 Å². The Morgan fingerprint density at radius 1 is 1.30 bits per heavy atom. The van der Waals surface area contributed by atoms with Gasteiger partial charge in [-0.15, -0.1) is 0 Å². The molecule has 0 bridgehead atoms. The number of carboxylic acids is 1. The van der Waals surface area contributed by atoms with Gasteiger partial charge in [0.25, 0.3) is 0 Å². The standard InChI is InChI=1S/C14H15F3N2O4/c15-14(16,17)13(22)19-7-10(6-11(19)12(20)21)18-23-8-9-4-2-1-3-5-9/h1-5,10-11,18H,6-8H2,(H,20,21)/t10-,11+/m1/s1. The molecule has 126 valence electrons. The van der Waals surface area contributed by atoms with Gasteiger partial charge in [0, 0.05) is 6.54 Å². The maximum absolute atomic E-state index is 12.5. The molecule has 1 aromatic rings. The topological polar surface area (TPSA) is 78.9 Å². The second kappa shape index (κ2) is 6.97. The molecule has 6 nitrogen and oxygen atoms in total. The van der Waals surface area contributed by atoms with E-state index in [0.29, 0.717) is 4.90 Å². The Morgan fingerprint density at radius 2 is 1.96 bits per heavy atom. The molecule has 0 unspecified atom stereocenters. The minimum absolute atomic E-state index is 0.161. The summed E-state index contributed by atoms with van der Waals surface area (Å²) in [5.74, 6) is -3.63. The van der Waals surface area contributed by atoms with Gasteiger partial charge in [0.15, 0.2) is 0 Å². The molecule has 9 heteroatoms. The lowest BCUT2D eigenvalue weighted by atomic mass is 10.2. The predicted octanol–water partition coefficient (Wildman–Crippen LogP) is 1.32. The van der Waals surface area contributed by atoms with Crippen molar-refractivity contribution in [1.29, 1.82) is 0 Å². The maximum Gasteiger partial charge on any atom is 0.471 e. The number of amides is 1. The van der Waals surface area contributed by atoms with Crippen LogP contribution in [-0.2, 0) is 21.0 Å². The van der Waals surface area contributed by atoms with Crippen LogP contribution in [0.3, 0.4) is 0 Å². The highest BCUT2D eigenvalue weighted by atomic mass is 19.4. The van der Waals surface area contributed by atoms with E-state index in [1.54, 1.807) is 24.3 Å². The molecule has 1 aliphatic rings. The van der Waals surface area contributed by atoms with Gasteiger partial charge in [-0.2, -0.15) is 18.7 Å². The van der Waals surface area contributed by atoms with Crippen LogP contribution in [0, 0.1) is 0 Å². The summed E-state index contributed by atoms with van der Waals surface area (Å²) in [6.45, 7) is -0.216. The number of rotatable bonds is 5. The zero-order valence-corrected chi connectivity index (χ0v) is 11.9. The fourth-order valence-corrected chi connectivity index (χ4v) is 2.36. The van der Waals surface area contributed by atoms with Gasteiger partial charge in [-0.25, -0.2) is 4.79 Å². The highest BCUT2D eigenvalue weighted by Gasteiger charge is 2.50. The first kappa shape index (κ1) is 17.2. The highest BCUT2D eigenvalue weighted by Crippen LogP contribution is 2.26. The summed E-state index contributed by atoms with van der Waals surface area (Å²) < 4.78 is 37.5. The second-order valence-electron chi connectivity index (χ2n) is 5.13. The number of halogens is 3. The van der Waals surface area contributed by atoms with E-state index in [4.69, 9.17) is 9.94 Å². The normalized spacial score (nSPS) is 21.4. The molecule has 1 heterocycles. The molecule has 23 heavy (non-hydrogen) atoms. The number of likely N-dealkylation sites (tertiary alicyclic amines) is 1. The minimum atomic E-state index is -5.10. The molecule has 0 spiro atoms. The van der Waals surface area contributed by atoms with Crippen molar-refractivity contribution in [3.8, 4) is 0 Å². The molecule has 1 amide bonds. The number of hydrogen-bond acceptors (Lipinski definition) is 4. The summed E-state index contributed by atoms with van der Waals surface area (Å²) in [4.78, 5) is 27.8. The number of carbonyl (C=O) groups is 2. The van der Waals surface area contributed by atoms with Gasteiger partial charge in [-0.1, -0.05) is 30.3 Å². The number of nitrogens with zero attached hydrogens (tertiary/aromatic N) is 1. The van der Waals surface area contributed by atoms with E-state index in [2.05, 4.69) is 5.48 Å². The van der Waals surface area contributed by atoms with E-state index < -0.39 is 30.1 Å². The van der Waals surface area contributed by atoms with Crippen LogP contribution in [0.4, 0.5) is 13.2 Å². The second-order valence-corrected chi connectivity index (χ2v) is 5.13. The molecule has 0 aliphatic carbocycles. The predicted molar refractivity (Wildman–Crippen MR) is 72.0 cm³/mol. The fourth-order valence-electron chi connectivity index (χ4n) is 2.36. The fraction of sp³-hybridized carbons (Fsp3) is 0.429. The highest BCUT2D eigenvalue weighted by molar-refractivity contribution is 5.87. The molecular weight excluding hydrogens is 317 g/mol. The smallest absolute Gasteiger partial charge is 0.471 e. The first-order valence-corrected chi connectivity index (χ1v) is 6.81. The van der Waals surface area contributed by atoms with Crippen molar-refractivity contribution >= 4 is 11.9 Å². The van der Waals surface area contributed by atoms with Crippen LogP contribution in [0.15, 0.2) is 30.3 Å². The Bertz CT molecular complexity index is 565. The van der Waals surface area contributed by atoms with Crippen LogP contribution in [-0.4, -0.2) is 46.7 Å². The number of aliphatic carboxylic acids is 1. The van der Waals surface area contributed by atoms with E-state index in [1.165, 1.54) is 0 Å². The van der Waals surface area contributed by atoms with Gasteiger partial charge in [-0.3, -0.25) is 9.63 Å². The summed E-state index contributed by atoms with van der Waals surface area (Å²) in [5, 5.41) is 8.99. The van der Waals surface area contributed by atoms with Crippen molar-refractivity contribution in [2.45, 2.75) is 31.3 Å². The summed E-state index contributed by atoms with van der Waals surface area (Å²) in [5.41, 5.74) is 3.37. The van der Waals surface area contributed by atoms with Gasteiger partial charge in [0.05, 0.1) is 12.6 Å². The molecule has 1 saturated heterocycles. The maximum atomic E-state index is 12.5. The zero-order chi connectivity index (χ0) is 17.0. The number of carboxylic acid groups (broad SMARTS) is 1. The van der Waals surface area contributed by atoms with Crippen LogP contribution >= 0.6 is 0 Å². The van der Waals surface area contributed by atoms with Crippen LogP contribution in [0.2, 0.25) is 0 Å². The Morgan fingerprint density at radius 3 is 2.52 bits per heavy atom. The zero-order valence-electron chi connectivity index (χ0n) is 11.9. The van der Waals surface area contributed by atoms with Crippen LogP contribution in [0.1, 0.15) is 12.0 Å². The summed E-state index contributed by atoms with van der Waals surface area (Å²) in [6.07, 6.45) is -5.26. The summed E-state index contributed by atoms with van der Waals surface area (Å²) >= 11 is 0. The van der Waals surface area contributed by atoms with Gasteiger partial charge in [0.2, 0.25) is 0 Å². The molecule has 2 rings (SSSR count). The number of carbonyl (C=O) groups excluding carboxylic acids is 1. The summed E-state index contributed by atoms with van der Waals surface area (Å²) in [6, 6.07) is 6.82. The lowest BCUT2D eigenvalue weighted by Crippen LogP contribution is -2.47. The number of benzene rings is 1. The lowest BCUT2D eigenvalue weighted by Gasteiger charge is -2.22. The molecule has 0 aromatic heterocycles. The Balaban J connectivity index is 1.92. The van der Waals surface area contributed by atoms with Crippen LogP contribution < -0.4 is 5.48 Å². The van der Waals surface area contributed by atoms with E-state index in [1.807, 2.05) is 6.07 Å². The Labute approximate surface area is 129 Å². The van der Waals surface area contributed by atoms with E-state index in [-0.39, 0.29) is 19.6 Å². The minimum Gasteiger partial charge on any atom is -0.480 e. The van der Waals surface area contributed by atoms with E-state index in [0.717, 1.165) is 5.56 Å². The van der Waals surface area contributed by atoms with Crippen molar-refractivity contribution in [1.82, 2.24) is 10.4 Å². The molecule has 1 aliphatic heterocycles. The van der Waals surface area contributed by atoms with Gasteiger partial charge in [0.1, 0.15) is 6.04 Å². The number of hydroxylamine groups is 1. The van der Waals surface area contributed by atoms with Crippen molar-refractivity contribution in [2.75, 3.05) is 6.54 Å². The number of hydrogen-bond donors (Lipinski definition) is 2. The first-order chi connectivity index (χ1) is 10.8. The monoisotopic (exact) mass is 332 g/mol. The summed E-state index contributed by atoms with van der Waals surface area (Å²) in [7, 11) is 0. The molecule has 0 radical (unpaired) electrons. The van der Waals surface area contributed by atoms with Gasteiger partial charge < -0.3 is 10.0 Å². The van der Waals surface area contributed by atoms with Crippen LogP contribution in [0.25, 0.3) is 0 Å². The van der Waals surface area contributed by atoms with Crippen molar-refractivity contribution in [3.05, 3.63) is 35.9 Å². The third kappa shape index (κ3) is 4.42. The molecule has 2 atom stereocenters. The lowest BCUT2D eigenvalue weighted by molar-refractivity contribution is -0.188.